The van der Waals surface area contributed by atoms with E-state index in [1.54, 1.807) is 6.20 Å². The van der Waals surface area contributed by atoms with E-state index in [4.69, 9.17) is 23.2 Å². The number of aromatic nitrogens is 5. The molecule has 0 saturated heterocycles. The molecule has 0 atom stereocenters. The first-order valence-electron chi connectivity index (χ1n) is 4.74. The summed E-state index contributed by atoms with van der Waals surface area (Å²) in [5.41, 5.74) is 0.658. The maximum atomic E-state index is 5.99. The van der Waals surface area contributed by atoms with E-state index in [1.165, 1.54) is 10.7 Å². The molecule has 0 aliphatic rings. The Balaban J connectivity index is 2.24. The fourth-order valence-electron chi connectivity index (χ4n) is 1.39. The van der Waals surface area contributed by atoms with E-state index in [0.717, 1.165) is 0 Å². The molecule has 0 spiro atoms. The second kappa shape index (κ2) is 3.94. The van der Waals surface area contributed by atoms with Crippen LogP contribution in [0.25, 0.3) is 17.3 Å². The minimum Gasteiger partial charge on any atom is -0.253 e. The fraction of sp³-hybridized carbons (Fsp3) is 0. The molecule has 0 bridgehead atoms. The highest BCUT2D eigenvalue weighted by atomic mass is 35.5. The van der Waals surface area contributed by atoms with Gasteiger partial charge in [0.25, 0.3) is 5.78 Å². The van der Waals surface area contributed by atoms with Gasteiger partial charge in [-0.3, -0.25) is 4.98 Å². The Morgan fingerprint density at radius 2 is 2.00 bits per heavy atom. The zero-order valence-electron chi connectivity index (χ0n) is 8.38. The van der Waals surface area contributed by atoms with Crippen LogP contribution in [0.4, 0.5) is 0 Å². The van der Waals surface area contributed by atoms with Crippen molar-refractivity contribution in [1.82, 2.24) is 24.6 Å². The number of rotatable bonds is 1. The summed E-state index contributed by atoms with van der Waals surface area (Å²) in [6.07, 6.45) is 3.11. The van der Waals surface area contributed by atoms with E-state index >= 15 is 0 Å². The van der Waals surface area contributed by atoms with E-state index in [1.807, 2.05) is 18.2 Å². The average Bonchev–Trinajstić information content (AvgIpc) is 2.80. The topological polar surface area (TPSA) is 56.0 Å². The van der Waals surface area contributed by atoms with Crippen molar-refractivity contribution in [2.24, 2.45) is 0 Å². The number of halogens is 2. The van der Waals surface area contributed by atoms with Gasteiger partial charge in [0.1, 0.15) is 5.69 Å². The lowest BCUT2D eigenvalue weighted by Crippen LogP contribution is -1.92. The zero-order valence-corrected chi connectivity index (χ0v) is 9.89. The van der Waals surface area contributed by atoms with Crippen LogP contribution in [-0.2, 0) is 0 Å². The van der Waals surface area contributed by atoms with Crippen molar-refractivity contribution in [2.75, 3.05) is 0 Å². The smallest absolute Gasteiger partial charge is 0.253 e. The van der Waals surface area contributed by atoms with Crippen LogP contribution in [-0.4, -0.2) is 24.6 Å². The van der Waals surface area contributed by atoms with Crippen LogP contribution in [0.3, 0.4) is 0 Å². The van der Waals surface area contributed by atoms with Gasteiger partial charge in [0.2, 0.25) is 5.82 Å². The van der Waals surface area contributed by atoms with Crippen molar-refractivity contribution < 1.29 is 0 Å². The van der Waals surface area contributed by atoms with Crippen molar-refractivity contribution in [2.45, 2.75) is 0 Å². The monoisotopic (exact) mass is 265 g/mol. The van der Waals surface area contributed by atoms with E-state index in [9.17, 15) is 0 Å². The molecular formula is C10H5Cl2N5. The van der Waals surface area contributed by atoms with Gasteiger partial charge in [-0.2, -0.15) is 9.50 Å². The first-order valence-corrected chi connectivity index (χ1v) is 5.49. The summed E-state index contributed by atoms with van der Waals surface area (Å²) >= 11 is 11.8. The molecule has 0 aromatic carbocycles. The van der Waals surface area contributed by atoms with E-state index in [-0.39, 0.29) is 5.15 Å². The van der Waals surface area contributed by atoms with Crippen LogP contribution in [0.5, 0.6) is 0 Å². The molecule has 0 radical (unpaired) electrons. The molecule has 3 heterocycles. The Bertz CT molecular complexity index is 680. The Morgan fingerprint density at radius 1 is 1.12 bits per heavy atom. The standard InChI is InChI=1S/C10H5Cl2N5/c11-6-5-14-10-15-9(16-17(10)8(6)12)7-3-1-2-4-13-7/h1-5H. The fourth-order valence-corrected chi connectivity index (χ4v) is 1.68. The Labute approximate surface area is 106 Å². The van der Waals surface area contributed by atoms with Gasteiger partial charge in [-0.15, -0.1) is 5.10 Å². The van der Waals surface area contributed by atoms with Crippen LogP contribution >= 0.6 is 23.2 Å². The second-order valence-corrected chi connectivity index (χ2v) is 4.02. The molecule has 17 heavy (non-hydrogen) atoms. The Hall–Kier alpha value is -1.72. The molecule has 3 aromatic rings. The summed E-state index contributed by atoms with van der Waals surface area (Å²) in [5.74, 6) is 0.849. The molecule has 5 nitrogen and oxygen atoms in total. The Kier molecular flexibility index (Phi) is 2.42. The molecule has 0 fully saturated rings. The summed E-state index contributed by atoms with van der Waals surface area (Å²) < 4.78 is 1.38. The van der Waals surface area contributed by atoms with Gasteiger partial charge in [0.05, 0.1) is 11.2 Å². The van der Waals surface area contributed by atoms with Crippen molar-refractivity contribution in [3.63, 3.8) is 0 Å². The van der Waals surface area contributed by atoms with Gasteiger partial charge >= 0.3 is 0 Å². The first-order chi connectivity index (χ1) is 8.25. The van der Waals surface area contributed by atoms with E-state index in [0.29, 0.717) is 22.3 Å². The second-order valence-electron chi connectivity index (χ2n) is 3.26. The maximum absolute atomic E-state index is 5.99. The summed E-state index contributed by atoms with van der Waals surface area (Å²) in [5, 5.41) is 4.82. The van der Waals surface area contributed by atoms with Gasteiger partial charge in [0, 0.05) is 6.20 Å². The quantitative estimate of drug-likeness (QED) is 0.635. The third-order valence-corrected chi connectivity index (χ3v) is 2.90. The predicted octanol–water partition coefficient (Wildman–Crippen LogP) is 2.49. The minimum absolute atomic E-state index is 0.284. The van der Waals surface area contributed by atoms with Crippen LogP contribution in [0.15, 0.2) is 30.6 Å². The third kappa shape index (κ3) is 1.73. The molecule has 0 aliphatic heterocycles. The number of pyridine rings is 1. The van der Waals surface area contributed by atoms with Gasteiger partial charge in [-0.25, -0.2) is 4.98 Å². The third-order valence-electron chi connectivity index (χ3n) is 2.16. The molecule has 0 amide bonds. The molecule has 7 heteroatoms. The summed E-state index contributed by atoms with van der Waals surface area (Å²) in [6, 6.07) is 5.49. The van der Waals surface area contributed by atoms with Gasteiger partial charge in [-0.05, 0) is 12.1 Å². The highest BCUT2D eigenvalue weighted by Gasteiger charge is 2.11. The molecule has 0 saturated carbocycles. The van der Waals surface area contributed by atoms with Crippen LogP contribution in [0.1, 0.15) is 0 Å². The molecule has 84 valence electrons. The molecule has 3 aromatic heterocycles. The lowest BCUT2D eigenvalue weighted by Gasteiger charge is -1.95. The average molecular weight is 266 g/mol. The summed E-state index contributed by atoms with van der Waals surface area (Å²) in [7, 11) is 0. The lowest BCUT2D eigenvalue weighted by atomic mass is 10.3. The van der Waals surface area contributed by atoms with E-state index in [2.05, 4.69) is 20.1 Å². The van der Waals surface area contributed by atoms with Crippen LogP contribution in [0.2, 0.25) is 10.2 Å². The van der Waals surface area contributed by atoms with Gasteiger partial charge < -0.3 is 0 Å². The number of hydrogen-bond acceptors (Lipinski definition) is 4. The highest BCUT2D eigenvalue weighted by Crippen LogP contribution is 2.22. The summed E-state index contributed by atoms with van der Waals surface area (Å²) in [4.78, 5) is 12.4. The molecule has 0 N–H and O–H groups in total. The molecular weight excluding hydrogens is 261 g/mol. The Morgan fingerprint density at radius 3 is 2.76 bits per heavy atom. The number of fused-ring (bicyclic) bond motifs is 1. The van der Waals surface area contributed by atoms with Crippen molar-refractivity contribution >= 4 is 29.0 Å². The van der Waals surface area contributed by atoms with Crippen molar-refractivity contribution in [1.29, 1.82) is 0 Å². The normalized spacial score (nSPS) is 10.9. The minimum atomic E-state index is 0.284. The first kappa shape index (κ1) is 10.4. The summed E-state index contributed by atoms with van der Waals surface area (Å²) in [6.45, 7) is 0. The van der Waals surface area contributed by atoms with Crippen molar-refractivity contribution in [3.8, 4) is 11.5 Å². The highest BCUT2D eigenvalue weighted by molar-refractivity contribution is 6.41. The van der Waals surface area contributed by atoms with Crippen LogP contribution < -0.4 is 0 Å². The largest absolute Gasteiger partial charge is 0.254 e. The van der Waals surface area contributed by atoms with E-state index < -0.39 is 0 Å². The number of nitrogens with zero attached hydrogens (tertiary/aromatic N) is 5. The SMILES string of the molecule is Clc1cnc2nc(-c3ccccn3)nn2c1Cl. The zero-order chi connectivity index (χ0) is 11.8. The predicted molar refractivity (Wildman–Crippen MR) is 64.0 cm³/mol. The molecule has 0 unspecified atom stereocenters. The lowest BCUT2D eigenvalue weighted by molar-refractivity contribution is 0.941. The van der Waals surface area contributed by atoms with Crippen LogP contribution in [0, 0.1) is 0 Å². The van der Waals surface area contributed by atoms with Gasteiger partial charge in [0.15, 0.2) is 5.15 Å². The maximum Gasteiger partial charge on any atom is 0.254 e. The van der Waals surface area contributed by atoms with Gasteiger partial charge in [-0.1, -0.05) is 29.3 Å². The van der Waals surface area contributed by atoms with Crippen molar-refractivity contribution in [3.05, 3.63) is 40.8 Å². The molecule has 0 aliphatic carbocycles. The molecule has 3 rings (SSSR count). The number of hydrogen-bond donors (Lipinski definition) is 0.